The third kappa shape index (κ3) is 9.70. The van der Waals surface area contributed by atoms with E-state index in [1.54, 1.807) is 0 Å². The zero-order valence-corrected chi connectivity index (χ0v) is 8.75. The van der Waals surface area contributed by atoms with Crippen LogP contribution in [0.15, 0.2) is 0 Å². The van der Waals surface area contributed by atoms with Crippen molar-refractivity contribution in [1.29, 1.82) is 0 Å². The van der Waals surface area contributed by atoms with Gasteiger partial charge in [0.1, 0.15) is 0 Å². The number of hydrogen-bond donors (Lipinski definition) is 2. The van der Waals surface area contributed by atoms with Crippen LogP contribution in [0.3, 0.4) is 0 Å². The van der Waals surface area contributed by atoms with Crippen molar-refractivity contribution in [3.8, 4) is 0 Å². The molecule has 1 atom stereocenters. The molecule has 0 heterocycles. The number of carboxylic acids is 1. The van der Waals surface area contributed by atoms with Crippen LogP contribution in [-0.4, -0.2) is 22.3 Å². The summed E-state index contributed by atoms with van der Waals surface area (Å²) in [6, 6.07) is 0. The van der Waals surface area contributed by atoms with Crippen molar-refractivity contribution >= 4 is 5.97 Å². The summed E-state index contributed by atoms with van der Waals surface area (Å²) in [5, 5.41) is 16.3. The van der Waals surface area contributed by atoms with Crippen molar-refractivity contribution in [2.24, 2.45) is 0 Å². The monoisotopic (exact) mass is 342 g/mol. The smallest absolute Gasteiger partial charge is 0.305 e. The number of carboxylic acid groups (broad SMARTS) is 1. The van der Waals surface area contributed by atoms with E-state index in [4.69, 9.17) is 10.2 Å². The molecule has 8 heavy (non-hydrogen) atoms. The van der Waals surface area contributed by atoms with Gasteiger partial charge < -0.3 is 10.2 Å². The van der Waals surface area contributed by atoms with E-state index >= 15 is 0 Å². The molecule has 0 aromatic rings. The predicted octanol–water partition coefficient (Wildman–Crippen LogP) is -0.158. The summed E-state index contributed by atoms with van der Waals surface area (Å²) in [6.07, 6.45) is -0.891. The van der Waals surface area contributed by atoms with Crippen LogP contribution in [0.4, 0.5) is 0 Å². The van der Waals surface area contributed by atoms with Gasteiger partial charge in [0.25, 0.3) is 0 Å². The van der Waals surface area contributed by atoms with Gasteiger partial charge in [-0.1, -0.05) is 0 Å². The summed E-state index contributed by atoms with van der Waals surface area (Å²) >= 11 is 0. The molecule has 0 aliphatic heterocycles. The van der Waals surface area contributed by atoms with Crippen molar-refractivity contribution in [1.82, 2.24) is 0 Å². The zero-order valence-electron chi connectivity index (χ0n) is 4.59. The molecule has 2 N–H and O–H groups in total. The van der Waals surface area contributed by atoms with Crippen LogP contribution in [0.5, 0.6) is 0 Å². The SMILES string of the molecule is CC(O)CC(=O)O.[U]. The first kappa shape index (κ1) is 11.3. The van der Waals surface area contributed by atoms with E-state index in [-0.39, 0.29) is 37.5 Å². The minimum absolute atomic E-state index is 0. The fourth-order valence-electron chi connectivity index (χ4n) is 0.253. The second-order valence-electron chi connectivity index (χ2n) is 1.45. The number of rotatable bonds is 2. The van der Waals surface area contributed by atoms with E-state index in [9.17, 15) is 4.79 Å². The van der Waals surface area contributed by atoms with Gasteiger partial charge in [-0.2, -0.15) is 0 Å². The van der Waals surface area contributed by atoms with Gasteiger partial charge in [0, 0.05) is 31.1 Å². The summed E-state index contributed by atoms with van der Waals surface area (Å²) in [5.41, 5.74) is 0. The van der Waals surface area contributed by atoms with E-state index in [1.165, 1.54) is 6.92 Å². The fraction of sp³-hybridized carbons (Fsp3) is 0.750. The average Bonchev–Trinajstić information content (AvgIpc) is 1.27. The number of aliphatic hydroxyl groups excluding tert-OH is 1. The first-order valence-corrected chi connectivity index (χ1v) is 2.03. The molecular formula is C4H8O3U. The van der Waals surface area contributed by atoms with E-state index in [0.29, 0.717) is 0 Å². The largest absolute Gasteiger partial charge is 0.481 e. The molecule has 0 bridgehead atoms. The molecule has 0 rings (SSSR count). The van der Waals surface area contributed by atoms with Crippen LogP contribution in [0, 0.1) is 31.1 Å². The topological polar surface area (TPSA) is 57.5 Å². The Morgan fingerprint density at radius 2 is 2.12 bits per heavy atom. The van der Waals surface area contributed by atoms with Crippen molar-refractivity contribution < 1.29 is 46.1 Å². The summed E-state index contributed by atoms with van der Waals surface area (Å²) in [5.74, 6) is -0.963. The first-order chi connectivity index (χ1) is 3.13. The summed E-state index contributed by atoms with van der Waals surface area (Å²) in [6.45, 7) is 1.44. The Morgan fingerprint density at radius 3 is 2.12 bits per heavy atom. The van der Waals surface area contributed by atoms with Crippen LogP contribution in [0.2, 0.25) is 0 Å². The average molecular weight is 342 g/mol. The van der Waals surface area contributed by atoms with Gasteiger partial charge in [-0.25, -0.2) is 0 Å². The van der Waals surface area contributed by atoms with Gasteiger partial charge in [-0.3, -0.25) is 4.79 Å². The molecule has 0 fully saturated rings. The van der Waals surface area contributed by atoms with Crippen LogP contribution in [-0.2, 0) is 4.79 Å². The van der Waals surface area contributed by atoms with Crippen molar-refractivity contribution in [3.05, 3.63) is 0 Å². The molecule has 0 aromatic heterocycles. The number of hydrogen-bond acceptors (Lipinski definition) is 2. The minimum atomic E-state index is -0.963. The molecule has 4 heteroatoms. The molecular weight excluding hydrogens is 334 g/mol. The summed E-state index contributed by atoms with van der Waals surface area (Å²) < 4.78 is 0. The maximum Gasteiger partial charge on any atom is 0.305 e. The molecule has 0 spiro atoms. The molecule has 1 unspecified atom stereocenters. The van der Waals surface area contributed by atoms with E-state index in [2.05, 4.69) is 0 Å². The molecule has 0 saturated carbocycles. The van der Waals surface area contributed by atoms with Gasteiger partial charge in [0.2, 0.25) is 0 Å². The third-order valence-corrected chi connectivity index (χ3v) is 0.470. The number of aliphatic carboxylic acids is 1. The number of carbonyl (C=O) groups is 1. The van der Waals surface area contributed by atoms with Gasteiger partial charge >= 0.3 is 5.97 Å². The van der Waals surface area contributed by atoms with Crippen molar-refractivity contribution in [3.63, 3.8) is 0 Å². The molecule has 0 aliphatic carbocycles. The Kier molecular flexibility index (Phi) is 7.93. The molecule has 46 valence electrons. The van der Waals surface area contributed by atoms with Gasteiger partial charge in [0.05, 0.1) is 12.5 Å². The zero-order chi connectivity index (χ0) is 5.86. The Balaban J connectivity index is 0. The Hall–Kier alpha value is 0.482. The molecule has 0 saturated heterocycles. The van der Waals surface area contributed by atoms with E-state index < -0.39 is 12.1 Å². The van der Waals surface area contributed by atoms with Gasteiger partial charge in [0.15, 0.2) is 0 Å². The van der Waals surface area contributed by atoms with Gasteiger partial charge in [-0.05, 0) is 6.92 Å². The quantitative estimate of drug-likeness (QED) is 0.734. The van der Waals surface area contributed by atoms with Crippen LogP contribution in [0.1, 0.15) is 13.3 Å². The third-order valence-electron chi connectivity index (χ3n) is 0.470. The molecule has 0 aromatic carbocycles. The Bertz CT molecular complexity index is 71.7. The summed E-state index contributed by atoms with van der Waals surface area (Å²) in [7, 11) is 0. The predicted molar refractivity (Wildman–Crippen MR) is 23.9 cm³/mol. The molecule has 0 radical (unpaired) electrons. The van der Waals surface area contributed by atoms with Crippen LogP contribution in [0.25, 0.3) is 0 Å². The second kappa shape index (κ2) is 5.62. The van der Waals surface area contributed by atoms with Crippen molar-refractivity contribution in [2.45, 2.75) is 19.4 Å². The van der Waals surface area contributed by atoms with Crippen LogP contribution < -0.4 is 0 Å². The standard InChI is InChI=1S/C4H8O3.U/c1-3(5)2-4(6)7;/h3,5H,2H2,1H3,(H,6,7);. The van der Waals surface area contributed by atoms with E-state index in [0.717, 1.165) is 0 Å². The Morgan fingerprint density at radius 1 is 1.75 bits per heavy atom. The second-order valence-corrected chi connectivity index (χ2v) is 1.45. The fourth-order valence-corrected chi connectivity index (χ4v) is 0.253. The first-order valence-electron chi connectivity index (χ1n) is 2.03. The molecule has 0 aliphatic rings. The maximum atomic E-state index is 9.65. The van der Waals surface area contributed by atoms with Crippen molar-refractivity contribution in [2.75, 3.05) is 0 Å². The van der Waals surface area contributed by atoms with Gasteiger partial charge in [-0.15, -0.1) is 0 Å². The molecule has 3 nitrogen and oxygen atoms in total. The van der Waals surface area contributed by atoms with E-state index in [1.807, 2.05) is 0 Å². The Labute approximate surface area is 71.5 Å². The maximum absolute atomic E-state index is 9.65. The summed E-state index contributed by atoms with van der Waals surface area (Å²) in [4.78, 5) is 9.65. The van der Waals surface area contributed by atoms with Crippen LogP contribution >= 0.6 is 0 Å². The normalized spacial score (nSPS) is 11.8. The number of aliphatic hydroxyl groups is 1. The minimum Gasteiger partial charge on any atom is -0.481 e. The molecule has 0 amide bonds.